The van der Waals surface area contributed by atoms with Crippen LogP contribution >= 0.6 is 0 Å². The van der Waals surface area contributed by atoms with Gasteiger partial charge in [-0.3, -0.25) is 0 Å². The maximum atomic E-state index is 12.8. The average molecular weight is 185 g/mol. The monoisotopic (exact) mass is 185 g/mol. The molecule has 1 aromatic carbocycles. The molecule has 4 nitrogen and oxygen atoms in total. The first-order valence-electron chi connectivity index (χ1n) is 3.42. The van der Waals surface area contributed by atoms with E-state index in [1.807, 2.05) is 0 Å². The molecule has 0 unspecified atom stereocenters. The Morgan fingerprint density at radius 3 is 2.69 bits per heavy atom. The predicted molar refractivity (Wildman–Crippen MR) is 43.8 cm³/mol. The second kappa shape index (κ2) is 3.30. The van der Waals surface area contributed by atoms with E-state index in [-0.39, 0.29) is 11.3 Å². The maximum Gasteiger partial charge on any atom is 0.338 e. The number of methoxy groups -OCH3 is 1. The van der Waals surface area contributed by atoms with Gasteiger partial charge in [0.25, 0.3) is 0 Å². The zero-order valence-electron chi connectivity index (χ0n) is 6.87. The number of hydrogen-bond donors (Lipinski definition) is 2. The van der Waals surface area contributed by atoms with Crippen LogP contribution in [0.4, 0.5) is 10.1 Å². The van der Waals surface area contributed by atoms with Crippen molar-refractivity contribution < 1.29 is 19.0 Å². The number of nitrogens with two attached hydrogens (primary N) is 1. The summed E-state index contributed by atoms with van der Waals surface area (Å²) < 4.78 is 17.1. The molecule has 0 saturated carbocycles. The first kappa shape index (κ1) is 9.31. The molecule has 1 rings (SSSR count). The third-order valence-corrected chi connectivity index (χ3v) is 1.51. The first-order valence-corrected chi connectivity index (χ1v) is 3.42. The van der Waals surface area contributed by atoms with E-state index >= 15 is 0 Å². The lowest BCUT2D eigenvalue weighted by Gasteiger charge is -2.03. The molecule has 0 aromatic heterocycles. The normalized spacial score (nSPS) is 9.69. The van der Waals surface area contributed by atoms with Crippen LogP contribution < -0.4 is 5.73 Å². The van der Waals surface area contributed by atoms with Gasteiger partial charge in [0.1, 0.15) is 0 Å². The number of benzene rings is 1. The number of aromatic hydroxyl groups is 1. The van der Waals surface area contributed by atoms with Gasteiger partial charge in [-0.2, -0.15) is 0 Å². The van der Waals surface area contributed by atoms with Crippen molar-refractivity contribution in [3.63, 3.8) is 0 Å². The molecule has 0 amide bonds. The summed E-state index contributed by atoms with van der Waals surface area (Å²) in [4.78, 5) is 10.9. The molecular weight excluding hydrogens is 177 g/mol. The van der Waals surface area contributed by atoms with Crippen molar-refractivity contribution in [1.82, 2.24) is 0 Å². The van der Waals surface area contributed by atoms with Crippen molar-refractivity contribution in [2.75, 3.05) is 12.8 Å². The lowest BCUT2D eigenvalue weighted by Crippen LogP contribution is -2.03. The largest absolute Gasteiger partial charge is 0.503 e. The van der Waals surface area contributed by atoms with Gasteiger partial charge in [-0.15, -0.1) is 0 Å². The van der Waals surface area contributed by atoms with E-state index in [2.05, 4.69) is 4.74 Å². The average Bonchev–Trinajstić information content (AvgIpc) is 2.12. The zero-order chi connectivity index (χ0) is 10.0. The Morgan fingerprint density at radius 1 is 1.62 bits per heavy atom. The Morgan fingerprint density at radius 2 is 2.23 bits per heavy atom. The number of carbonyl (C=O) groups is 1. The summed E-state index contributed by atoms with van der Waals surface area (Å²) in [5, 5.41) is 8.93. The van der Waals surface area contributed by atoms with Gasteiger partial charge in [0.2, 0.25) is 0 Å². The van der Waals surface area contributed by atoms with Gasteiger partial charge in [0.15, 0.2) is 11.6 Å². The number of rotatable bonds is 1. The number of carbonyl (C=O) groups excluding carboxylic acids is 1. The van der Waals surface area contributed by atoms with Crippen molar-refractivity contribution in [3.05, 3.63) is 23.5 Å². The molecule has 3 N–H and O–H groups in total. The fraction of sp³-hybridized carbons (Fsp3) is 0.125. The second-order valence-corrected chi connectivity index (χ2v) is 2.39. The van der Waals surface area contributed by atoms with E-state index in [1.165, 1.54) is 7.11 Å². The number of halogens is 1. The molecule has 13 heavy (non-hydrogen) atoms. The van der Waals surface area contributed by atoms with Crippen LogP contribution in [0.25, 0.3) is 0 Å². The molecule has 0 bridgehead atoms. The van der Waals surface area contributed by atoms with Crippen molar-refractivity contribution in [3.8, 4) is 5.75 Å². The van der Waals surface area contributed by atoms with E-state index in [1.54, 1.807) is 0 Å². The molecule has 0 atom stereocenters. The summed E-state index contributed by atoms with van der Waals surface area (Å²) in [6.07, 6.45) is 0. The van der Waals surface area contributed by atoms with Crippen LogP contribution in [0.5, 0.6) is 5.75 Å². The summed E-state index contributed by atoms with van der Waals surface area (Å²) in [7, 11) is 1.17. The van der Waals surface area contributed by atoms with Crippen molar-refractivity contribution in [1.29, 1.82) is 0 Å². The SMILES string of the molecule is COC(=O)c1cc(N)c(O)c(F)c1. The standard InChI is InChI=1S/C8H8FNO3/c1-13-8(12)4-2-5(9)7(11)6(10)3-4/h2-3,11H,10H2,1H3. The number of anilines is 1. The molecule has 0 aliphatic heterocycles. The third kappa shape index (κ3) is 1.69. The lowest BCUT2D eigenvalue weighted by atomic mass is 10.2. The van der Waals surface area contributed by atoms with E-state index in [4.69, 9.17) is 10.8 Å². The number of hydrogen-bond acceptors (Lipinski definition) is 4. The predicted octanol–water partition coefficient (Wildman–Crippen LogP) is 0.900. The minimum absolute atomic E-state index is 0.0321. The highest BCUT2D eigenvalue weighted by atomic mass is 19.1. The molecule has 0 fully saturated rings. The molecule has 1 aromatic rings. The minimum Gasteiger partial charge on any atom is -0.503 e. The van der Waals surface area contributed by atoms with Crippen LogP contribution in [-0.2, 0) is 4.74 Å². The zero-order valence-corrected chi connectivity index (χ0v) is 6.87. The summed E-state index contributed by atoms with van der Waals surface area (Å²) in [5.41, 5.74) is 4.99. The van der Waals surface area contributed by atoms with E-state index in [0.29, 0.717) is 0 Å². The highest BCUT2D eigenvalue weighted by molar-refractivity contribution is 5.90. The van der Waals surface area contributed by atoms with E-state index in [0.717, 1.165) is 12.1 Å². The number of ether oxygens (including phenoxy) is 1. The number of nitrogen functional groups attached to an aromatic ring is 1. The Labute approximate surface area is 73.7 Å². The molecular formula is C8H8FNO3. The topological polar surface area (TPSA) is 72.5 Å². The second-order valence-electron chi connectivity index (χ2n) is 2.39. The molecule has 5 heteroatoms. The maximum absolute atomic E-state index is 12.8. The smallest absolute Gasteiger partial charge is 0.338 e. The van der Waals surface area contributed by atoms with Crippen LogP contribution in [0.2, 0.25) is 0 Å². The minimum atomic E-state index is -0.944. The van der Waals surface area contributed by atoms with Crippen LogP contribution in [-0.4, -0.2) is 18.2 Å². The summed E-state index contributed by atoms with van der Waals surface area (Å²) in [6, 6.07) is 2.00. The Kier molecular flexibility index (Phi) is 2.36. The van der Waals surface area contributed by atoms with Gasteiger partial charge < -0.3 is 15.6 Å². The molecule has 0 aliphatic rings. The number of phenolic OH excluding ortho intramolecular Hbond substituents is 1. The van der Waals surface area contributed by atoms with Crippen LogP contribution in [0.3, 0.4) is 0 Å². The van der Waals surface area contributed by atoms with Gasteiger partial charge in [0.05, 0.1) is 18.4 Å². The molecule has 0 heterocycles. The Balaban J connectivity index is 3.20. The van der Waals surface area contributed by atoms with Gasteiger partial charge in [-0.1, -0.05) is 0 Å². The molecule has 0 spiro atoms. The molecule has 0 radical (unpaired) electrons. The molecule has 0 saturated heterocycles. The molecule has 70 valence electrons. The highest BCUT2D eigenvalue weighted by Crippen LogP contribution is 2.25. The Bertz CT molecular complexity index is 328. The van der Waals surface area contributed by atoms with E-state index in [9.17, 15) is 9.18 Å². The fourth-order valence-corrected chi connectivity index (χ4v) is 0.856. The van der Waals surface area contributed by atoms with Gasteiger partial charge in [-0.05, 0) is 12.1 Å². The molecule has 0 aliphatic carbocycles. The first-order chi connectivity index (χ1) is 6.06. The van der Waals surface area contributed by atoms with Gasteiger partial charge in [-0.25, -0.2) is 9.18 Å². The summed E-state index contributed by atoms with van der Waals surface area (Å²) in [5.74, 6) is -2.31. The van der Waals surface area contributed by atoms with Crippen molar-refractivity contribution >= 4 is 11.7 Å². The van der Waals surface area contributed by atoms with Crippen LogP contribution in [0.15, 0.2) is 12.1 Å². The number of phenols is 1. The van der Waals surface area contributed by atoms with Crippen LogP contribution in [0.1, 0.15) is 10.4 Å². The third-order valence-electron chi connectivity index (χ3n) is 1.51. The number of esters is 1. The quantitative estimate of drug-likeness (QED) is 0.387. The van der Waals surface area contributed by atoms with E-state index < -0.39 is 17.5 Å². The van der Waals surface area contributed by atoms with Crippen LogP contribution in [0, 0.1) is 5.82 Å². The van der Waals surface area contributed by atoms with Crippen molar-refractivity contribution in [2.45, 2.75) is 0 Å². The summed E-state index contributed by atoms with van der Waals surface area (Å²) in [6.45, 7) is 0. The summed E-state index contributed by atoms with van der Waals surface area (Å²) >= 11 is 0. The fourth-order valence-electron chi connectivity index (χ4n) is 0.856. The van der Waals surface area contributed by atoms with Gasteiger partial charge >= 0.3 is 5.97 Å². The van der Waals surface area contributed by atoms with Gasteiger partial charge in [0, 0.05) is 0 Å². The lowest BCUT2D eigenvalue weighted by molar-refractivity contribution is 0.0600. The highest BCUT2D eigenvalue weighted by Gasteiger charge is 2.12. The van der Waals surface area contributed by atoms with Crippen molar-refractivity contribution in [2.24, 2.45) is 0 Å². The Hall–Kier alpha value is -1.78.